The molecule has 0 saturated carbocycles. The third kappa shape index (κ3) is 6.50. The highest BCUT2D eigenvalue weighted by atomic mass is 15.2. The van der Waals surface area contributed by atoms with Crippen LogP contribution >= 0.6 is 0 Å². The normalized spacial score (nSPS) is 12.1. The van der Waals surface area contributed by atoms with Crippen LogP contribution in [0.15, 0.2) is 194 Å². The van der Waals surface area contributed by atoms with E-state index in [1.54, 1.807) is 0 Å². The molecule has 2 heteroatoms. The summed E-state index contributed by atoms with van der Waals surface area (Å²) in [5.74, 6) is 0.890. The lowest BCUT2D eigenvalue weighted by Gasteiger charge is -2.23. The van der Waals surface area contributed by atoms with E-state index in [9.17, 15) is 0 Å². The zero-order chi connectivity index (χ0) is 33.6. The highest BCUT2D eigenvalue weighted by Gasteiger charge is 2.18. The first-order valence-electron chi connectivity index (χ1n) is 16.7. The summed E-state index contributed by atoms with van der Waals surface area (Å²) < 4.78 is 0. The van der Waals surface area contributed by atoms with Crippen LogP contribution in [-0.4, -0.2) is 12.9 Å². The van der Waals surface area contributed by atoms with Gasteiger partial charge >= 0.3 is 0 Å². The molecule has 0 N–H and O–H groups in total. The first kappa shape index (κ1) is 31.4. The number of allylic oxidation sites excluding steroid dienone is 5. The predicted octanol–water partition coefficient (Wildman–Crippen LogP) is 12.5. The SMILES string of the molecule is C=C(/C=C\C(=C/C)c1c2ccccc2c(-c2ccc(N(C)/C(=N\c3ccccc3)c3ccccc3)cc2)c2ccccc12)c1ccccc1. The number of hydrogen-bond donors (Lipinski definition) is 0. The molecule has 2 nitrogen and oxygen atoms in total. The number of anilines is 1. The van der Waals surface area contributed by atoms with Crippen molar-refractivity contribution in [3.63, 3.8) is 0 Å². The topological polar surface area (TPSA) is 15.6 Å². The van der Waals surface area contributed by atoms with Crippen LogP contribution in [0, 0.1) is 0 Å². The molecule has 49 heavy (non-hydrogen) atoms. The van der Waals surface area contributed by atoms with Crippen molar-refractivity contribution in [3.8, 4) is 11.1 Å². The number of para-hydroxylation sites is 1. The Morgan fingerprint density at radius 3 is 1.59 bits per heavy atom. The number of aliphatic imine (C=N–C) groups is 1. The van der Waals surface area contributed by atoms with Gasteiger partial charge in [-0.15, -0.1) is 0 Å². The lowest BCUT2D eigenvalue weighted by molar-refractivity contribution is 1.24. The average molecular weight is 631 g/mol. The summed E-state index contributed by atoms with van der Waals surface area (Å²) in [5.41, 5.74) is 9.96. The van der Waals surface area contributed by atoms with Crippen LogP contribution in [0.3, 0.4) is 0 Å². The molecule has 0 fully saturated rings. The summed E-state index contributed by atoms with van der Waals surface area (Å²) in [5, 5.41) is 4.90. The standard InChI is InChI=1S/C47H38N2/c1-4-35(29-28-34(2)36-18-8-5-9-19-36)45-41-24-14-16-26-43(41)46(44-27-17-15-25-42(44)45)37-30-32-40(33-31-37)49(3)47(38-20-10-6-11-21-38)48-39-22-12-7-13-23-39/h4-33H,2H2,1,3H3/b29-28-,35-4+,48-47-. The maximum absolute atomic E-state index is 5.07. The molecule has 7 aromatic carbocycles. The number of benzene rings is 7. The minimum absolute atomic E-state index is 0.890. The molecule has 0 unspecified atom stereocenters. The first-order valence-corrected chi connectivity index (χ1v) is 16.7. The van der Waals surface area contributed by atoms with Crippen molar-refractivity contribution in [3.05, 3.63) is 205 Å². The second-order valence-corrected chi connectivity index (χ2v) is 12.1. The van der Waals surface area contributed by atoms with Gasteiger partial charge in [0.2, 0.25) is 0 Å². The van der Waals surface area contributed by atoms with Gasteiger partial charge in [0.15, 0.2) is 0 Å². The molecule has 0 aromatic heterocycles. The van der Waals surface area contributed by atoms with Crippen molar-refractivity contribution in [2.75, 3.05) is 11.9 Å². The fraction of sp³-hybridized carbons (Fsp3) is 0.0426. The molecule has 7 rings (SSSR count). The lowest BCUT2D eigenvalue weighted by Crippen LogP contribution is -2.27. The molecule has 0 heterocycles. The van der Waals surface area contributed by atoms with E-state index < -0.39 is 0 Å². The molecule has 236 valence electrons. The van der Waals surface area contributed by atoms with E-state index in [0.29, 0.717) is 0 Å². The maximum Gasteiger partial charge on any atom is 0.140 e. The number of amidine groups is 1. The fourth-order valence-electron chi connectivity index (χ4n) is 6.53. The van der Waals surface area contributed by atoms with Crippen LogP contribution in [0.4, 0.5) is 11.4 Å². The Kier molecular flexibility index (Phi) is 9.12. The zero-order valence-electron chi connectivity index (χ0n) is 27.9. The summed E-state index contributed by atoms with van der Waals surface area (Å²) in [6.45, 7) is 6.46. The maximum atomic E-state index is 5.07. The van der Waals surface area contributed by atoms with Gasteiger partial charge in [-0.05, 0) is 86.1 Å². The van der Waals surface area contributed by atoms with Crippen molar-refractivity contribution in [1.82, 2.24) is 0 Å². The monoisotopic (exact) mass is 630 g/mol. The number of nitrogens with zero attached hydrogens (tertiary/aromatic N) is 2. The van der Waals surface area contributed by atoms with Gasteiger partial charge < -0.3 is 4.90 Å². The van der Waals surface area contributed by atoms with E-state index >= 15 is 0 Å². The molecule has 0 spiro atoms. The second-order valence-electron chi connectivity index (χ2n) is 12.1. The molecule has 0 saturated heterocycles. The Hall–Kier alpha value is -6.25. The smallest absolute Gasteiger partial charge is 0.140 e. The van der Waals surface area contributed by atoms with E-state index in [2.05, 4.69) is 165 Å². The van der Waals surface area contributed by atoms with Crippen LogP contribution in [-0.2, 0) is 0 Å². The van der Waals surface area contributed by atoms with Crippen LogP contribution in [0.2, 0.25) is 0 Å². The molecule has 0 aliphatic heterocycles. The van der Waals surface area contributed by atoms with Gasteiger partial charge in [0.25, 0.3) is 0 Å². The van der Waals surface area contributed by atoms with Gasteiger partial charge in [-0.3, -0.25) is 0 Å². The minimum Gasteiger partial charge on any atom is -0.329 e. The average Bonchev–Trinajstić information content (AvgIpc) is 3.17. The Bertz CT molecular complexity index is 2270. The molecule has 0 amide bonds. The third-order valence-corrected chi connectivity index (χ3v) is 9.02. The highest BCUT2D eigenvalue weighted by Crippen LogP contribution is 2.42. The van der Waals surface area contributed by atoms with Crippen LogP contribution < -0.4 is 4.90 Å². The van der Waals surface area contributed by atoms with E-state index in [0.717, 1.165) is 33.9 Å². The van der Waals surface area contributed by atoms with Crippen molar-refractivity contribution in [2.45, 2.75) is 6.92 Å². The minimum atomic E-state index is 0.890. The quantitative estimate of drug-likeness (QED) is 0.0706. The molecule has 0 radical (unpaired) electrons. The van der Waals surface area contributed by atoms with Crippen LogP contribution in [0.25, 0.3) is 43.8 Å². The van der Waals surface area contributed by atoms with Crippen LogP contribution in [0.1, 0.15) is 23.6 Å². The van der Waals surface area contributed by atoms with Crippen molar-refractivity contribution < 1.29 is 0 Å². The summed E-state index contributed by atoms with van der Waals surface area (Å²) >= 11 is 0. The second kappa shape index (κ2) is 14.3. The molecule has 0 aliphatic carbocycles. The molecular formula is C47H38N2. The molecule has 0 aliphatic rings. The molecule has 0 atom stereocenters. The van der Waals surface area contributed by atoms with Crippen LogP contribution in [0.5, 0.6) is 0 Å². The largest absolute Gasteiger partial charge is 0.329 e. The van der Waals surface area contributed by atoms with Crippen molar-refractivity contribution in [2.24, 2.45) is 4.99 Å². The fourth-order valence-corrected chi connectivity index (χ4v) is 6.53. The highest BCUT2D eigenvalue weighted by molar-refractivity contribution is 6.19. The van der Waals surface area contributed by atoms with Gasteiger partial charge in [0.05, 0.1) is 5.69 Å². The third-order valence-electron chi connectivity index (χ3n) is 9.02. The van der Waals surface area contributed by atoms with Crippen molar-refractivity contribution in [1.29, 1.82) is 0 Å². The van der Waals surface area contributed by atoms with Gasteiger partial charge in [0, 0.05) is 18.3 Å². The number of rotatable bonds is 8. The molecule has 0 bridgehead atoms. The van der Waals surface area contributed by atoms with E-state index in [-0.39, 0.29) is 0 Å². The van der Waals surface area contributed by atoms with Gasteiger partial charge in [-0.25, -0.2) is 4.99 Å². The number of hydrogen-bond acceptors (Lipinski definition) is 1. The summed E-state index contributed by atoms with van der Waals surface area (Å²) in [7, 11) is 2.09. The summed E-state index contributed by atoms with van der Waals surface area (Å²) in [6, 6.07) is 57.3. The Morgan fingerprint density at radius 2 is 1.04 bits per heavy atom. The Labute approximate surface area is 289 Å². The lowest BCUT2D eigenvalue weighted by atomic mass is 9.85. The van der Waals surface area contributed by atoms with Crippen molar-refractivity contribution >= 4 is 49.9 Å². The van der Waals surface area contributed by atoms with Gasteiger partial charge in [-0.2, -0.15) is 0 Å². The Balaban J connectivity index is 1.31. The Morgan fingerprint density at radius 1 is 0.551 bits per heavy atom. The zero-order valence-corrected chi connectivity index (χ0v) is 27.9. The summed E-state index contributed by atoms with van der Waals surface area (Å²) in [4.78, 5) is 7.24. The summed E-state index contributed by atoms with van der Waals surface area (Å²) in [6.07, 6.45) is 6.53. The van der Waals surface area contributed by atoms with Gasteiger partial charge in [0.1, 0.15) is 5.84 Å². The predicted molar refractivity (Wildman–Crippen MR) is 213 cm³/mol. The van der Waals surface area contributed by atoms with E-state index in [1.807, 2.05) is 42.5 Å². The van der Waals surface area contributed by atoms with E-state index in [1.165, 1.54) is 43.8 Å². The van der Waals surface area contributed by atoms with Gasteiger partial charge in [-0.1, -0.05) is 164 Å². The molecule has 7 aromatic rings. The van der Waals surface area contributed by atoms with E-state index in [4.69, 9.17) is 4.99 Å². The first-order chi connectivity index (χ1) is 24.1. The molecular weight excluding hydrogens is 593 g/mol. The number of fused-ring (bicyclic) bond motifs is 2.